The van der Waals surface area contributed by atoms with Crippen LogP contribution in [0.25, 0.3) is 0 Å². The summed E-state index contributed by atoms with van der Waals surface area (Å²) in [6, 6.07) is 21.3. The smallest absolute Gasteiger partial charge is 0.321 e. The van der Waals surface area contributed by atoms with Crippen LogP contribution in [0.5, 0.6) is 11.5 Å². The molecule has 1 atom stereocenters. The Morgan fingerprint density at radius 2 is 1.62 bits per heavy atom. The summed E-state index contributed by atoms with van der Waals surface area (Å²) in [5.74, 6) is 0.917. The molecule has 1 heterocycles. The fourth-order valence-electron chi connectivity index (χ4n) is 4.04. The lowest BCUT2D eigenvalue weighted by Gasteiger charge is -2.41. The number of hydrogen-bond acceptors (Lipinski definition) is 4. The first kappa shape index (κ1) is 23.4. The van der Waals surface area contributed by atoms with Gasteiger partial charge in [-0.1, -0.05) is 41.9 Å². The van der Waals surface area contributed by atoms with Crippen LogP contribution in [-0.4, -0.2) is 55.6 Å². The van der Waals surface area contributed by atoms with E-state index in [0.29, 0.717) is 47.4 Å². The van der Waals surface area contributed by atoms with Crippen molar-refractivity contribution in [3.05, 3.63) is 88.9 Å². The molecule has 3 amide bonds. The number of benzene rings is 3. The highest BCUT2D eigenvalue weighted by Gasteiger charge is 2.34. The number of carbonyl (C=O) groups excluding carboxylic acids is 2. The first-order valence-corrected chi connectivity index (χ1v) is 11.3. The second kappa shape index (κ2) is 10.5. The maximum absolute atomic E-state index is 13.5. The molecule has 0 radical (unpaired) electrons. The molecule has 1 N–H and O–H groups in total. The highest BCUT2D eigenvalue weighted by molar-refractivity contribution is 6.30. The van der Waals surface area contributed by atoms with Crippen molar-refractivity contribution in [2.45, 2.75) is 6.04 Å². The molecule has 7 nitrogen and oxygen atoms in total. The molecule has 0 aromatic heterocycles. The molecule has 0 saturated carbocycles. The molecule has 0 spiro atoms. The molecule has 8 heteroatoms. The van der Waals surface area contributed by atoms with Gasteiger partial charge >= 0.3 is 6.03 Å². The molecule has 1 saturated heterocycles. The zero-order valence-electron chi connectivity index (χ0n) is 19.0. The molecule has 1 unspecified atom stereocenters. The van der Waals surface area contributed by atoms with Gasteiger partial charge in [-0.25, -0.2) is 4.79 Å². The molecule has 1 aliphatic heterocycles. The summed E-state index contributed by atoms with van der Waals surface area (Å²) in [6.07, 6.45) is 0. The number of anilines is 1. The van der Waals surface area contributed by atoms with Gasteiger partial charge in [0.15, 0.2) is 11.5 Å². The summed E-state index contributed by atoms with van der Waals surface area (Å²) in [7, 11) is 3.09. The summed E-state index contributed by atoms with van der Waals surface area (Å²) in [5.41, 5.74) is 2.12. The third-order valence-corrected chi connectivity index (χ3v) is 6.09. The number of carbonyl (C=O) groups is 2. The van der Waals surface area contributed by atoms with Crippen LogP contribution in [0.3, 0.4) is 0 Å². The topological polar surface area (TPSA) is 71.1 Å². The lowest BCUT2D eigenvalue weighted by atomic mass is 10.0. The number of piperazine rings is 1. The first-order chi connectivity index (χ1) is 16.5. The average Bonchev–Trinajstić information content (AvgIpc) is 2.89. The van der Waals surface area contributed by atoms with Crippen molar-refractivity contribution in [2.75, 3.05) is 39.2 Å². The number of urea groups is 1. The Bertz CT molecular complexity index is 1150. The predicted molar refractivity (Wildman–Crippen MR) is 132 cm³/mol. The maximum atomic E-state index is 13.5. The Balaban J connectivity index is 1.57. The van der Waals surface area contributed by atoms with Crippen molar-refractivity contribution in [3.63, 3.8) is 0 Å². The van der Waals surface area contributed by atoms with Crippen LogP contribution in [0.15, 0.2) is 72.8 Å². The molecule has 0 bridgehead atoms. The van der Waals surface area contributed by atoms with Crippen LogP contribution in [0.2, 0.25) is 5.02 Å². The van der Waals surface area contributed by atoms with E-state index in [1.807, 2.05) is 35.2 Å². The van der Waals surface area contributed by atoms with Crippen molar-refractivity contribution in [2.24, 2.45) is 0 Å². The zero-order chi connectivity index (χ0) is 24.1. The minimum absolute atomic E-state index is 0.132. The number of nitrogens with zero attached hydrogens (tertiary/aromatic N) is 2. The minimum atomic E-state index is -0.300. The number of ether oxygens (including phenoxy) is 2. The van der Waals surface area contributed by atoms with Gasteiger partial charge in [0.2, 0.25) is 0 Å². The summed E-state index contributed by atoms with van der Waals surface area (Å²) in [6.45, 7) is 1.16. The van der Waals surface area contributed by atoms with E-state index in [-0.39, 0.29) is 18.0 Å². The highest BCUT2D eigenvalue weighted by Crippen LogP contribution is 2.31. The number of amides is 3. The third kappa shape index (κ3) is 5.10. The summed E-state index contributed by atoms with van der Waals surface area (Å²) in [5, 5.41) is 3.51. The number of nitrogens with one attached hydrogen (secondary N) is 1. The normalized spacial score (nSPS) is 15.6. The van der Waals surface area contributed by atoms with Crippen molar-refractivity contribution < 1.29 is 19.1 Å². The minimum Gasteiger partial charge on any atom is -0.493 e. The van der Waals surface area contributed by atoms with Gasteiger partial charge < -0.3 is 24.6 Å². The molecule has 0 aliphatic carbocycles. The first-order valence-electron chi connectivity index (χ1n) is 10.9. The molecule has 4 rings (SSSR count). The van der Waals surface area contributed by atoms with Gasteiger partial charge in [-0.15, -0.1) is 0 Å². The van der Waals surface area contributed by atoms with Gasteiger partial charge in [0, 0.05) is 35.9 Å². The summed E-state index contributed by atoms with van der Waals surface area (Å²) in [4.78, 5) is 30.1. The highest BCUT2D eigenvalue weighted by atomic mass is 35.5. The molecule has 34 heavy (non-hydrogen) atoms. The predicted octanol–water partition coefficient (Wildman–Crippen LogP) is 5.09. The molecule has 176 valence electrons. The third-order valence-electron chi connectivity index (χ3n) is 5.84. The lowest BCUT2D eigenvalue weighted by Crippen LogP contribution is -2.53. The Labute approximate surface area is 203 Å². The van der Waals surface area contributed by atoms with Crippen LogP contribution >= 0.6 is 11.6 Å². The van der Waals surface area contributed by atoms with E-state index < -0.39 is 0 Å². The molecule has 1 fully saturated rings. The second-order valence-corrected chi connectivity index (χ2v) is 8.31. The van der Waals surface area contributed by atoms with Crippen LogP contribution in [0.1, 0.15) is 22.0 Å². The number of rotatable bonds is 5. The Morgan fingerprint density at radius 1 is 0.912 bits per heavy atom. The van der Waals surface area contributed by atoms with E-state index in [0.717, 1.165) is 5.56 Å². The van der Waals surface area contributed by atoms with E-state index in [2.05, 4.69) is 5.32 Å². The van der Waals surface area contributed by atoms with Crippen molar-refractivity contribution in [1.29, 1.82) is 0 Å². The van der Waals surface area contributed by atoms with Crippen molar-refractivity contribution in [3.8, 4) is 11.5 Å². The van der Waals surface area contributed by atoms with Crippen molar-refractivity contribution >= 4 is 29.2 Å². The Morgan fingerprint density at radius 3 is 2.29 bits per heavy atom. The van der Waals surface area contributed by atoms with Gasteiger partial charge in [0.05, 0.1) is 20.3 Å². The monoisotopic (exact) mass is 479 g/mol. The standard InChI is InChI=1S/C26H26ClN3O4/c1-33-23-13-8-19(16-24(23)34-2)25(31)30-15-14-29(17-22(30)18-6-4-3-5-7-18)26(32)28-21-11-9-20(27)10-12-21/h3-13,16,22H,14-15,17H2,1-2H3,(H,28,32). The maximum Gasteiger partial charge on any atom is 0.321 e. The Hall–Kier alpha value is -3.71. The fraction of sp³-hybridized carbons (Fsp3) is 0.231. The summed E-state index contributed by atoms with van der Waals surface area (Å²) < 4.78 is 10.7. The van der Waals surface area contributed by atoms with E-state index >= 15 is 0 Å². The average molecular weight is 480 g/mol. The van der Waals surface area contributed by atoms with E-state index in [1.54, 1.807) is 54.5 Å². The summed E-state index contributed by atoms with van der Waals surface area (Å²) >= 11 is 5.94. The second-order valence-electron chi connectivity index (χ2n) is 7.88. The van der Waals surface area contributed by atoms with E-state index in [9.17, 15) is 9.59 Å². The molecule has 1 aliphatic rings. The van der Waals surface area contributed by atoms with Crippen LogP contribution in [-0.2, 0) is 0 Å². The van der Waals surface area contributed by atoms with E-state index in [4.69, 9.17) is 21.1 Å². The van der Waals surface area contributed by atoms with Gasteiger partial charge in [-0.05, 0) is 48.0 Å². The Kier molecular flexibility index (Phi) is 7.23. The largest absolute Gasteiger partial charge is 0.493 e. The van der Waals surface area contributed by atoms with E-state index in [1.165, 1.54) is 7.11 Å². The number of hydrogen-bond donors (Lipinski definition) is 1. The fourth-order valence-corrected chi connectivity index (χ4v) is 4.17. The molecule has 3 aromatic rings. The van der Waals surface area contributed by atoms with Crippen molar-refractivity contribution in [1.82, 2.24) is 9.80 Å². The molecular formula is C26H26ClN3O4. The molecular weight excluding hydrogens is 454 g/mol. The quantitative estimate of drug-likeness (QED) is 0.553. The lowest BCUT2D eigenvalue weighted by molar-refractivity contribution is 0.0516. The number of halogens is 1. The van der Waals surface area contributed by atoms with Crippen LogP contribution in [0.4, 0.5) is 10.5 Å². The van der Waals surface area contributed by atoms with Gasteiger partial charge in [0.25, 0.3) is 5.91 Å². The van der Waals surface area contributed by atoms with Crippen LogP contribution < -0.4 is 14.8 Å². The molecule has 3 aromatic carbocycles. The van der Waals surface area contributed by atoms with Gasteiger partial charge in [-0.2, -0.15) is 0 Å². The van der Waals surface area contributed by atoms with Crippen LogP contribution in [0, 0.1) is 0 Å². The van der Waals surface area contributed by atoms with Gasteiger partial charge in [-0.3, -0.25) is 4.79 Å². The zero-order valence-corrected chi connectivity index (χ0v) is 19.8. The number of methoxy groups -OCH3 is 2. The van der Waals surface area contributed by atoms with Gasteiger partial charge in [0.1, 0.15) is 0 Å². The SMILES string of the molecule is COc1ccc(C(=O)N2CCN(C(=O)Nc3ccc(Cl)cc3)CC2c2ccccc2)cc1OC.